The maximum Gasteiger partial charge on any atom is 0.308 e. The third-order valence-electron chi connectivity index (χ3n) is 4.63. The van der Waals surface area contributed by atoms with Crippen LogP contribution in [0.2, 0.25) is 0 Å². The van der Waals surface area contributed by atoms with Crippen molar-refractivity contribution in [1.29, 1.82) is 0 Å². The molecule has 7 heteroatoms. The Bertz CT molecular complexity index is 740. The number of aliphatic carboxylic acids is 1. The van der Waals surface area contributed by atoms with Crippen LogP contribution in [-0.4, -0.2) is 58.6 Å². The summed E-state index contributed by atoms with van der Waals surface area (Å²) in [5.74, 6) is -1.78. The molecule has 1 amide bonds. The molecule has 1 N–H and O–H groups in total. The highest BCUT2D eigenvalue weighted by molar-refractivity contribution is 7.99. The molecule has 3 rings (SSSR count). The van der Waals surface area contributed by atoms with Crippen molar-refractivity contribution in [3.63, 3.8) is 0 Å². The van der Waals surface area contributed by atoms with E-state index in [2.05, 4.69) is 0 Å². The lowest BCUT2D eigenvalue weighted by molar-refractivity contribution is -0.137. The highest BCUT2D eigenvalue weighted by Crippen LogP contribution is 2.36. The number of carboxylic acid groups (broad SMARTS) is 1. The molecule has 0 aliphatic carbocycles. The monoisotopic (exact) mass is 375 g/mol. The minimum absolute atomic E-state index is 0.0640. The topological polar surface area (TPSA) is 83.9 Å². The molecule has 1 saturated heterocycles. The first-order valence-electron chi connectivity index (χ1n) is 8.53. The van der Waals surface area contributed by atoms with Crippen LogP contribution in [-0.2, 0) is 14.3 Å². The number of amides is 1. The van der Waals surface area contributed by atoms with E-state index in [0.717, 1.165) is 12.8 Å². The molecular formula is C19H21NO5S. The number of hydrogen-bond acceptors (Lipinski definition) is 5. The van der Waals surface area contributed by atoms with Crippen molar-refractivity contribution in [2.24, 2.45) is 0 Å². The van der Waals surface area contributed by atoms with Crippen molar-refractivity contribution in [1.82, 2.24) is 4.90 Å². The highest BCUT2D eigenvalue weighted by Gasteiger charge is 2.43. The average molecular weight is 375 g/mol. The third kappa shape index (κ3) is 3.68. The largest absolute Gasteiger partial charge is 0.481 e. The molecular weight excluding hydrogens is 354 g/mol. The van der Waals surface area contributed by atoms with Gasteiger partial charge in [0.1, 0.15) is 5.37 Å². The van der Waals surface area contributed by atoms with Crippen LogP contribution in [0.4, 0.5) is 0 Å². The standard InChI is InChI=1S/C19H21NO5S/c1-26-19-16(17(23)12-6-3-2-4-7-12)14(10-15(21)22)18(24)20(19)11-13-8-5-9-25-13/h2-4,6-7,13,19H,5,8-11H2,1H3,(H,21,22)/t13-,19-/m1/s1. The number of rotatable bonds is 7. The lowest BCUT2D eigenvalue weighted by Crippen LogP contribution is -2.40. The third-order valence-corrected chi connectivity index (χ3v) is 5.57. The number of ketones is 1. The molecule has 0 bridgehead atoms. The maximum absolute atomic E-state index is 13.1. The van der Waals surface area contributed by atoms with Crippen molar-refractivity contribution in [3.8, 4) is 0 Å². The summed E-state index contributed by atoms with van der Waals surface area (Å²) in [6, 6.07) is 8.66. The predicted molar refractivity (Wildman–Crippen MR) is 98.0 cm³/mol. The summed E-state index contributed by atoms with van der Waals surface area (Å²) in [4.78, 5) is 38.9. The van der Waals surface area contributed by atoms with E-state index >= 15 is 0 Å². The second kappa shape index (κ2) is 8.05. The first-order chi connectivity index (χ1) is 12.5. The van der Waals surface area contributed by atoms with E-state index < -0.39 is 17.8 Å². The number of benzene rings is 1. The van der Waals surface area contributed by atoms with Gasteiger partial charge in [-0.3, -0.25) is 14.4 Å². The van der Waals surface area contributed by atoms with Gasteiger partial charge < -0.3 is 14.7 Å². The van der Waals surface area contributed by atoms with Crippen molar-refractivity contribution < 1.29 is 24.2 Å². The smallest absolute Gasteiger partial charge is 0.308 e. The van der Waals surface area contributed by atoms with Crippen LogP contribution in [0.15, 0.2) is 41.5 Å². The van der Waals surface area contributed by atoms with Gasteiger partial charge in [0.25, 0.3) is 5.91 Å². The molecule has 2 aliphatic rings. The zero-order valence-corrected chi connectivity index (χ0v) is 15.3. The Morgan fingerprint density at radius 3 is 2.62 bits per heavy atom. The molecule has 26 heavy (non-hydrogen) atoms. The predicted octanol–water partition coefficient (Wildman–Crippen LogP) is 2.35. The number of nitrogens with zero attached hydrogens (tertiary/aromatic N) is 1. The van der Waals surface area contributed by atoms with Crippen molar-refractivity contribution in [2.75, 3.05) is 19.4 Å². The van der Waals surface area contributed by atoms with E-state index in [1.807, 2.05) is 6.26 Å². The lowest BCUT2D eigenvalue weighted by atomic mass is 9.98. The van der Waals surface area contributed by atoms with E-state index in [0.29, 0.717) is 18.7 Å². The van der Waals surface area contributed by atoms with Crippen LogP contribution in [0.5, 0.6) is 0 Å². The molecule has 2 aliphatic heterocycles. The SMILES string of the molecule is CS[C@@H]1C(C(=O)c2ccccc2)=C(CC(=O)O)C(=O)N1C[C@H]1CCCO1. The first kappa shape index (κ1) is 18.7. The number of hydrogen-bond donors (Lipinski definition) is 1. The summed E-state index contributed by atoms with van der Waals surface area (Å²) in [6.07, 6.45) is 3.11. The Labute approximate surface area is 156 Å². The van der Waals surface area contributed by atoms with E-state index in [-0.39, 0.29) is 28.9 Å². The molecule has 1 aromatic carbocycles. The number of Topliss-reactive ketones (excluding diaryl/α,β-unsaturated/α-hetero) is 1. The summed E-state index contributed by atoms with van der Waals surface area (Å²) in [5.41, 5.74) is 0.828. The van der Waals surface area contributed by atoms with Gasteiger partial charge in [-0.15, -0.1) is 11.8 Å². The van der Waals surface area contributed by atoms with Gasteiger partial charge >= 0.3 is 5.97 Å². The van der Waals surface area contributed by atoms with Gasteiger partial charge in [0.2, 0.25) is 0 Å². The number of carboxylic acids is 1. The van der Waals surface area contributed by atoms with E-state index in [9.17, 15) is 19.5 Å². The molecule has 0 aromatic heterocycles. The van der Waals surface area contributed by atoms with Gasteiger partial charge in [0.15, 0.2) is 5.78 Å². The zero-order valence-electron chi connectivity index (χ0n) is 14.5. The fourth-order valence-electron chi connectivity index (χ4n) is 3.45. The number of ether oxygens (including phenoxy) is 1. The van der Waals surface area contributed by atoms with E-state index in [1.165, 1.54) is 11.8 Å². The molecule has 6 nitrogen and oxygen atoms in total. The second-order valence-electron chi connectivity index (χ2n) is 6.34. The summed E-state index contributed by atoms with van der Waals surface area (Å²) in [5, 5.41) is 8.75. The number of carbonyl (C=O) groups excluding carboxylic acids is 2. The Balaban J connectivity index is 1.96. The average Bonchev–Trinajstić information content (AvgIpc) is 3.23. The highest BCUT2D eigenvalue weighted by atomic mass is 32.2. The normalized spacial score (nSPS) is 23.0. The zero-order chi connectivity index (χ0) is 18.7. The quantitative estimate of drug-likeness (QED) is 0.737. The van der Waals surface area contributed by atoms with Gasteiger partial charge in [0.05, 0.1) is 12.5 Å². The Morgan fingerprint density at radius 1 is 1.31 bits per heavy atom. The molecule has 1 fully saturated rings. The van der Waals surface area contributed by atoms with Crippen molar-refractivity contribution in [3.05, 3.63) is 47.0 Å². The number of thioether (sulfide) groups is 1. The lowest BCUT2D eigenvalue weighted by Gasteiger charge is -2.27. The van der Waals surface area contributed by atoms with Crippen LogP contribution in [0.25, 0.3) is 0 Å². The molecule has 0 unspecified atom stereocenters. The van der Waals surface area contributed by atoms with Gasteiger partial charge in [-0.1, -0.05) is 30.3 Å². The van der Waals surface area contributed by atoms with E-state index in [4.69, 9.17) is 4.74 Å². The Hall–Kier alpha value is -2.12. The van der Waals surface area contributed by atoms with Gasteiger partial charge in [0, 0.05) is 29.9 Å². The first-order valence-corrected chi connectivity index (χ1v) is 9.81. The second-order valence-corrected chi connectivity index (χ2v) is 7.26. The fourth-order valence-corrected chi connectivity index (χ4v) is 4.37. The summed E-state index contributed by atoms with van der Waals surface area (Å²) in [7, 11) is 0. The van der Waals surface area contributed by atoms with Gasteiger partial charge in [-0.2, -0.15) is 0 Å². The molecule has 0 saturated carbocycles. The van der Waals surface area contributed by atoms with Gasteiger partial charge in [-0.25, -0.2) is 0 Å². The van der Waals surface area contributed by atoms with Crippen molar-refractivity contribution >= 4 is 29.4 Å². The van der Waals surface area contributed by atoms with Crippen LogP contribution in [0.1, 0.15) is 29.6 Å². The molecule has 0 radical (unpaired) electrons. The van der Waals surface area contributed by atoms with Crippen LogP contribution in [0.3, 0.4) is 0 Å². The van der Waals surface area contributed by atoms with Crippen LogP contribution >= 0.6 is 11.8 Å². The molecule has 1 aromatic rings. The van der Waals surface area contributed by atoms with Crippen LogP contribution < -0.4 is 0 Å². The van der Waals surface area contributed by atoms with E-state index in [1.54, 1.807) is 35.2 Å². The summed E-state index contributed by atoms with van der Waals surface area (Å²) in [6.45, 7) is 1.04. The Morgan fingerprint density at radius 2 is 2.04 bits per heavy atom. The summed E-state index contributed by atoms with van der Waals surface area (Å²) < 4.78 is 5.63. The fraction of sp³-hybridized carbons (Fsp3) is 0.421. The summed E-state index contributed by atoms with van der Waals surface area (Å²) >= 11 is 1.37. The minimum atomic E-state index is -1.12. The van der Waals surface area contributed by atoms with Crippen molar-refractivity contribution in [2.45, 2.75) is 30.7 Å². The maximum atomic E-state index is 13.1. The molecule has 0 spiro atoms. The molecule has 2 heterocycles. The number of carbonyl (C=O) groups is 3. The van der Waals surface area contributed by atoms with Gasteiger partial charge in [-0.05, 0) is 19.1 Å². The molecule has 2 atom stereocenters. The minimum Gasteiger partial charge on any atom is -0.481 e. The van der Waals surface area contributed by atoms with Crippen LogP contribution in [0, 0.1) is 0 Å². The molecule has 138 valence electrons. The Kier molecular flexibility index (Phi) is 5.78.